The van der Waals surface area contributed by atoms with Crippen molar-refractivity contribution in [2.45, 2.75) is 99.9 Å². The Morgan fingerprint density at radius 1 is 0.463 bits per heavy atom. The summed E-state index contributed by atoms with van der Waals surface area (Å²) in [6.45, 7) is 10.8. The predicted octanol–water partition coefficient (Wildman–Crippen LogP) is 12.3. The summed E-state index contributed by atoms with van der Waals surface area (Å²) in [5.74, 6) is 2.60. The van der Waals surface area contributed by atoms with Crippen molar-refractivity contribution in [1.29, 1.82) is 0 Å². The zero-order chi connectivity index (χ0) is 58.7. The van der Waals surface area contributed by atoms with Gasteiger partial charge < -0.3 is 27.7 Å². The highest BCUT2D eigenvalue weighted by Crippen LogP contribution is 2.47. The number of quaternary nitrogens is 4. The van der Waals surface area contributed by atoms with Gasteiger partial charge in [0.05, 0.1) is 163 Å². The quantitative estimate of drug-likeness (QED) is 0.0245. The lowest BCUT2D eigenvalue weighted by Gasteiger charge is -2.28. The van der Waals surface area contributed by atoms with E-state index >= 15 is 0 Å². The zero-order valence-corrected chi connectivity index (χ0v) is 54.9. The first kappa shape index (κ1) is 62.9. The molecule has 0 bridgehead atoms. The van der Waals surface area contributed by atoms with Crippen LogP contribution in [-0.2, 0) is 13.1 Å². The highest BCUT2D eigenvalue weighted by Gasteiger charge is 2.30. The minimum absolute atomic E-state index is 0.977. The van der Waals surface area contributed by atoms with E-state index in [2.05, 4.69) is 248 Å². The number of pyridine rings is 3. The Bertz CT molecular complexity index is 3080. The van der Waals surface area contributed by atoms with E-state index in [4.69, 9.17) is 0 Å². The number of H-pyrrole nitrogens is 1. The Kier molecular flexibility index (Phi) is 21.6. The molecule has 0 amide bonds. The average Bonchev–Trinajstić information content (AvgIpc) is 4.09. The van der Waals surface area contributed by atoms with Gasteiger partial charge in [-0.2, -0.15) is 4.98 Å². The molecule has 0 radical (unpaired) electrons. The van der Waals surface area contributed by atoms with E-state index in [0.29, 0.717) is 0 Å². The van der Waals surface area contributed by atoms with Crippen molar-refractivity contribution >= 4 is 80.6 Å². The predicted molar refractivity (Wildman–Crippen MR) is 354 cm³/mol. The second kappa shape index (κ2) is 28.2. The number of thioether (sulfide) groups is 2. The molecule has 82 heavy (non-hydrogen) atoms. The van der Waals surface area contributed by atoms with Gasteiger partial charge >= 0.3 is 11.5 Å². The summed E-state index contributed by atoms with van der Waals surface area (Å²) >= 11 is 3.77. The number of rotatable bonds is 31. The molecule has 6 aromatic rings. The van der Waals surface area contributed by atoms with Crippen molar-refractivity contribution in [3.63, 3.8) is 0 Å². The maximum Gasteiger partial charge on any atom is 0.346 e. The minimum atomic E-state index is 0.977. The number of para-hydroxylation sites is 3. The van der Waals surface area contributed by atoms with Crippen molar-refractivity contribution < 1.29 is 32.1 Å². The Morgan fingerprint density at radius 2 is 0.890 bits per heavy atom. The lowest BCUT2D eigenvalue weighted by Crippen LogP contribution is -2.46. The summed E-state index contributed by atoms with van der Waals surface area (Å²) in [7, 11) is 32.3. The Hall–Kier alpha value is -5.15. The molecule has 8 rings (SSSR count). The third-order valence-corrected chi connectivity index (χ3v) is 18.6. The number of nitrogens with zero attached hydrogens (tertiary/aromatic N) is 10. The highest BCUT2D eigenvalue weighted by atomic mass is 32.2. The molecule has 11 nitrogen and oxygen atoms in total. The lowest BCUT2D eigenvalue weighted by atomic mass is 10.1. The van der Waals surface area contributed by atoms with E-state index in [1.165, 1.54) is 127 Å². The molecule has 2 aliphatic rings. The smallest absolute Gasteiger partial charge is 0.338 e. The van der Waals surface area contributed by atoms with Crippen LogP contribution in [0.5, 0.6) is 0 Å². The molecule has 0 saturated carbocycles. The fraction of sp³-hybridized carbons (Fsp3) is 0.522. The molecule has 3 aromatic heterocycles. The van der Waals surface area contributed by atoms with Gasteiger partial charge in [0, 0.05) is 66.6 Å². The summed E-state index contributed by atoms with van der Waals surface area (Å²) in [4.78, 5) is 16.8. The third-order valence-electron chi connectivity index (χ3n) is 16.3. The van der Waals surface area contributed by atoms with Gasteiger partial charge in [-0.05, 0) is 85.9 Å². The van der Waals surface area contributed by atoms with Gasteiger partial charge in [0.2, 0.25) is 0 Å². The van der Waals surface area contributed by atoms with Crippen molar-refractivity contribution in [1.82, 2.24) is 0 Å². The molecule has 0 spiro atoms. The molecule has 0 unspecified atom stereocenters. The van der Waals surface area contributed by atoms with Gasteiger partial charge in [-0.3, -0.25) is 4.90 Å². The van der Waals surface area contributed by atoms with E-state index in [9.17, 15) is 0 Å². The van der Waals surface area contributed by atoms with Gasteiger partial charge in [0.25, 0.3) is 5.82 Å². The molecule has 0 atom stereocenters. The molecule has 13 heteroatoms. The highest BCUT2D eigenvalue weighted by molar-refractivity contribution is 8.04. The Labute approximate surface area is 504 Å². The molecule has 3 aromatic carbocycles. The van der Waals surface area contributed by atoms with Gasteiger partial charge in [0.1, 0.15) is 31.3 Å². The van der Waals surface area contributed by atoms with E-state index in [1.54, 1.807) is 0 Å². The minimum Gasteiger partial charge on any atom is -0.338 e. The molecule has 1 N–H and O–H groups in total. The van der Waals surface area contributed by atoms with Crippen LogP contribution < -0.4 is 33.7 Å². The van der Waals surface area contributed by atoms with Gasteiger partial charge in [-0.15, -0.1) is 0 Å². The molecular formula is C69H106N11S2+7. The van der Waals surface area contributed by atoms with Crippen LogP contribution in [0.3, 0.4) is 0 Å². The third kappa shape index (κ3) is 17.9. The average molecular weight is 1150 g/mol. The van der Waals surface area contributed by atoms with Crippen LogP contribution in [0.15, 0.2) is 123 Å². The molecule has 2 aliphatic heterocycles. The number of aromatic amines is 1. The number of aryl methyl sites for hydroxylation is 2. The summed E-state index contributed by atoms with van der Waals surface area (Å²) < 4.78 is 9.13. The summed E-state index contributed by atoms with van der Waals surface area (Å²) in [5.41, 5.74) is 7.73. The topological polar surface area (TPSA) is 34.9 Å². The number of benzene rings is 3. The van der Waals surface area contributed by atoms with Crippen molar-refractivity contribution in [3.05, 3.63) is 124 Å². The lowest BCUT2D eigenvalue weighted by molar-refractivity contribution is -0.870. The van der Waals surface area contributed by atoms with E-state index in [0.717, 1.165) is 109 Å². The molecule has 5 heterocycles. The second-order valence-electron chi connectivity index (χ2n) is 27.7. The number of fused-ring (bicyclic) bond motifs is 4. The normalized spacial score (nSPS) is 15.0. The van der Waals surface area contributed by atoms with Crippen molar-refractivity contribution in [2.24, 2.45) is 0 Å². The maximum atomic E-state index is 4.06. The Balaban J connectivity index is 0.945. The number of unbranched alkanes of at least 4 members (excludes halogenated alkanes) is 7. The maximum absolute atomic E-state index is 4.06. The largest absolute Gasteiger partial charge is 0.346 e. The summed E-state index contributed by atoms with van der Waals surface area (Å²) in [6.07, 6.45) is 21.8. The first-order valence-electron chi connectivity index (χ1n) is 31.0. The van der Waals surface area contributed by atoms with Crippen LogP contribution in [-0.4, -0.2) is 169 Å². The van der Waals surface area contributed by atoms with Crippen molar-refractivity contribution in [2.75, 3.05) is 171 Å². The molecular weight excluding hydrogens is 1050 g/mol. The van der Waals surface area contributed by atoms with Crippen LogP contribution in [0.4, 0.5) is 23.0 Å². The van der Waals surface area contributed by atoms with Crippen LogP contribution in [0, 0.1) is 0 Å². The van der Waals surface area contributed by atoms with Crippen LogP contribution in [0.1, 0.15) is 88.2 Å². The summed E-state index contributed by atoms with van der Waals surface area (Å²) in [6, 6.07) is 36.4. The van der Waals surface area contributed by atoms with E-state index in [1.807, 2.05) is 23.5 Å². The first-order chi connectivity index (χ1) is 39.0. The Morgan fingerprint density at radius 3 is 1.39 bits per heavy atom. The zero-order valence-electron chi connectivity index (χ0n) is 53.3. The number of aromatic nitrogens is 3. The van der Waals surface area contributed by atoms with Crippen LogP contribution in [0.2, 0.25) is 0 Å². The number of hydrogen-bond acceptors (Lipinski definition) is 6. The second-order valence-corrected chi connectivity index (χ2v) is 29.8. The van der Waals surface area contributed by atoms with Crippen molar-refractivity contribution in [3.8, 4) is 0 Å². The first-order valence-corrected chi connectivity index (χ1v) is 32.6. The van der Waals surface area contributed by atoms with E-state index in [-0.39, 0.29) is 0 Å². The molecule has 442 valence electrons. The fourth-order valence-corrected chi connectivity index (χ4v) is 14.0. The number of anilines is 4. The van der Waals surface area contributed by atoms with Gasteiger partial charge in [0.15, 0.2) is 0 Å². The molecule has 0 aliphatic carbocycles. The van der Waals surface area contributed by atoms with E-state index < -0.39 is 0 Å². The standard InChI is InChI=1S/C69H105N11S2/c1-71-61-37-23-25-39-63(61)81-67(71)54-56-52-65(73(43-30-48-77(3,4)5)44-31-49-78(6,7)8)70-69-59(56)35-29-42-75(69)41-27-19-17-15-16-18-20-28-47-76-60-36-22-21-34-58(60)57(55-68-72(2)62-38-24-26-40-64(62)82-68)53-66(76)74(45-32-50-79(9,10)11)46-33-51-80(12,13)14/h21-26,29,34-40,42,52-55H,15-20,27-28,30-33,41,43-51H2,1-14H3/q+6/p+1. The van der Waals surface area contributed by atoms with Gasteiger partial charge in [-0.25, -0.2) is 14.0 Å². The molecule has 0 fully saturated rings. The van der Waals surface area contributed by atoms with Crippen LogP contribution >= 0.6 is 23.5 Å². The fourth-order valence-electron chi connectivity index (χ4n) is 11.8. The van der Waals surface area contributed by atoms with Gasteiger partial charge in [-0.1, -0.05) is 91.7 Å². The summed E-state index contributed by atoms with van der Waals surface area (Å²) in [5, 5.41) is 5.16. The monoisotopic (exact) mass is 1150 g/mol. The number of hydrogen-bond donors (Lipinski definition) is 0. The SMILES string of the molecule is CN1/C(=C\c2cc(N(CCC[N+](C)(C)C)CCC[N+](C)(C)C)[nH+]c3c2ccc[n+]3CCCCCCCCCC[n+]2c(N(CCC[N+](C)(C)C)CCC[N+](C)(C)C)cc(/C=C3/Sc4ccccc4N3C)c3ccccc32)Sc2ccccc21. The number of nitrogens with one attached hydrogen (secondary N) is 1. The van der Waals surface area contributed by atoms with Crippen LogP contribution in [0.25, 0.3) is 34.1 Å². The molecule has 0 saturated heterocycles.